The summed E-state index contributed by atoms with van der Waals surface area (Å²) in [5, 5.41) is 9.88. The van der Waals surface area contributed by atoms with E-state index in [0.29, 0.717) is 0 Å². The Morgan fingerprint density at radius 2 is 1.80 bits per heavy atom. The van der Waals surface area contributed by atoms with Crippen LogP contribution in [0.15, 0.2) is 6.07 Å². The van der Waals surface area contributed by atoms with Gasteiger partial charge < -0.3 is 14.5 Å². The van der Waals surface area contributed by atoms with Gasteiger partial charge in [-0.2, -0.15) is 0 Å². The van der Waals surface area contributed by atoms with E-state index in [1.165, 1.54) is 7.11 Å². The monoisotopic (exact) mass is 306 g/mol. The zero-order valence-corrected chi connectivity index (χ0v) is 12.9. The van der Waals surface area contributed by atoms with Crippen molar-refractivity contribution in [2.75, 3.05) is 7.11 Å². The second-order valence-corrected chi connectivity index (χ2v) is 5.93. The first kappa shape index (κ1) is 17.2. The van der Waals surface area contributed by atoms with Crippen molar-refractivity contribution in [3.63, 3.8) is 0 Å². The number of rotatable bonds is 5. The summed E-state index contributed by atoms with van der Waals surface area (Å²) in [4.78, 5) is 0. The Hall–Kier alpha value is -0.845. The molecule has 0 spiro atoms. The molecule has 0 bridgehead atoms. The average Bonchev–Trinajstić information content (AvgIpc) is 2.26. The molecule has 0 aliphatic heterocycles. The van der Waals surface area contributed by atoms with E-state index in [-0.39, 0.29) is 18.0 Å². The molecule has 0 radical (unpaired) electrons. The van der Waals surface area contributed by atoms with Gasteiger partial charge in [-0.25, -0.2) is 8.78 Å². The van der Waals surface area contributed by atoms with Gasteiger partial charge in [0.15, 0.2) is 17.4 Å². The lowest BCUT2D eigenvalue weighted by Gasteiger charge is -2.37. The molecule has 0 aliphatic rings. The van der Waals surface area contributed by atoms with Crippen LogP contribution in [0.2, 0.25) is 5.02 Å². The second kappa shape index (κ2) is 5.88. The molecule has 1 aromatic rings. The van der Waals surface area contributed by atoms with E-state index in [2.05, 4.69) is 4.74 Å². The molecular weight excluding hydrogens is 288 g/mol. The SMILES string of the molecule is COc1c(F)cc(Cl)c(BOC(C)(C)C(C)(C)O)c1F. The number of ether oxygens (including phenoxy) is 1. The van der Waals surface area contributed by atoms with Crippen molar-refractivity contribution in [2.45, 2.75) is 38.9 Å². The molecule has 20 heavy (non-hydrogen) atoms. The third-order valence-corrected chi connectivity index (χ3v) is 3.82. The number of aliphatic hydroxyl groups is 1. The molecule has 0 saturated carbocycles. The first-order chi connectivity index (χ1) is 9.01. The van der Waals surface area contributed by atoms with Crippen molar-refractivity contribution in [1.82, 2.24) is 0 Å². The number of hydrogen-bond acceptors (Lipinski definition) is 3. The maximum absolute atomic E-state index is 14.1. The summed E-state index contributed by atoms with van der Waals surface area (Å²) in [5.41, 5.74) is -2.09. The molecule has 1 rings (SSSR count). The quantitative estimate of drug-likeness (QED) is 0.847. The van der Waals surface area contributed by atoms with E-state index in [4.69, 9.17) is 16.3 Å². The van der Waals surface area contributed by atoms with E-state index < -0.39 is 28.6 Å². The topological polar surface area (TPSA) is 38.7 Å². The molecule has 0 amide bonds. The fourth-order valence-electron chi connectivity index (χ4n) is 1.36. The van der Waals surface area contributed by atoms with Gasteiger partial charge in [-0.15, -0.1) is 0 Å². The Kier molecular flexibility index (Phi) is 5.06. The van der Waals surface area contributed by atoms with Crippen molar-refractivity contribution in [3.8, 4) is 5.75 Å². The minimum atomic E-state index is -1.14. The fraction of sp³-hybridized carbons (Fsp3) is 0.538. The van der Waals surface area contributed by atoms with Gasteiger partial charge in [0.2, 0.25) is 0 Å². The minimum Gasteiger partial charge on any atom is -0.491 e. The predicted octanol–water partition coefficient (Wildman–Crippen LogP) is 2.17. The van der Waals surface area contributed by atoms with Crippen molar-refractivity contribution >= 4 is 24.5 Å². The number of hydrogen-bond donors (Lipinski definition) is 1. The third kappa shape index (κ3) is 3.43. The molecule has 112 valence electrons. The smallest absolute Gasteiger partial charge is 0.314 e. The Labute approximate surface area is 123 Å². The van der Waals surface area contributed by atoms with Crippen LogP contribution in [0.1, 0.15) is 27.7 Å². The molecule has 0 fully saturated rings. The van der Waals surface area contributed by atoms with Gasteiger partial charge in [0.25, 0.3) is 0 Å². The molecule has 1 aromatic carbocycles. The highest BCUT2D eigenvalue weighted by molar-refractivity contribution is 6.54. The lowest BCUT2D eigenvalue weighted by Crippen LogP contribution is -2.49. The number of methoxy groups -OCH3 is 1. The van der Waals surface area contributed by atoms with Crippen molar-refractivity contribution in [3.05, 3.63) is 22.7 Å². The predicted molar refractivity (Wildman–Crippen MR) is 76.2 cm³/mol. The molecule has 3 nitrogen and oxygen atoms in total. The van der Waals surface area contributed by atoms with Crippen LogP contribution in [0.25, 0.3) is 0 Å². The lowest BCUT2D eigenvalue weighted by atomic mass is 9.82. The lowest BCUT2D eigenvalue weighted by molar-refractivity contribution is -0.0893. The third-order valence-electron chi connectivity index (χ3n) is 3.48. The highest BCUT2D eigenvalue weighted by Gasteiger charge is 2.36. The molecule has 0 atom stereocenters. The Morgan fingerprint density at radius 1 is 1.25 bits per heavy atom. The minimum absolute atomic E-state index is 0.0118. The maximum Gasteiger partial charge on any atom is 0.314 e. The Balaban J connectivity index is 3.06. The van der Waals surface area contributed by atoms with Crippen LogP contribution in [0, 0.1) is 11.6 Å². The summed E-state index contributed by atoms with van der Waals surface area (Å²) in [6.07, 6.45) is 0. The van der Waals surface area contributed by atoms with Crippen molar-refractivity contribution in [2.24, 2.45) is 0 Å². The summed E-state index contributed by atoms with van der Waals surface area (Å²) in [5.74, 6) is -2.28. The molecule has 7 heteroatoms. The zero-order valence-electron chi connectivity index (χ0n) is 12.2. The van der Waals surface area contributed by atoms with E-state index in [0.717, 1.165) is 6.07 Å². The van der Waals surface area contributed by atoms with Crippen LogP contribution in [-0.4, -0.2) is 30.9 Å². The Morgan fingerprint density at radius 3 is 2.25 bits per heavy atom. The maximum atomic E-state index is 14.1. The molecule has 0 aliphatic carbocycles. The average molecular weight is 307 g/mol. The second-order valence-electron chi connectivity index (χ2n) is 5.52. The van der Waals surface area contributed by atoms with Crippen molar-refractivity contribution in [1.29, 1.82) is 0 Å². The fourth-order valence-corrected chi connectivity index (χ4v) is 1.59. The molecule has 1 N–H and O–H groups in total. The van der Waals surface area contributed by atoms with Crippen LogP contribution >= 0.6 is 11.6 Å². The van der Waals surface area contributed by atoms with E-state index in [1.54, 1.807) is 27.7 Å². The normalized spacial score (nSPS) is 12.4. The van der Waals surface area contributed by atoms with E-state index in [1.807, 2.05) is 0 Å². The van der Waals surface area contributed by atoms with Gasteiger partial charge in [-0.05, 0) is 33.8 Å². The molecular formula is C13H18BClF2O3. The van der Waals surface area contributed by atoms with Crippen LogP contribution in [0.5, 0.6) is 5.75 Å². The first-order valence-electron chi connectivity index (χ1n) is 6.08. The standard InChI is InChI=1S/C13H18BClF2O3/c1-12(2,18)13(3,4)20-14-9-7(15)6-8(16)11(19-5)10(9)17/h6,14,18H,1-5H3. The van der Waals surface area contributed by atoms with Gasteiger partial charge in [0.05, 0.1) is 18.3 Å². The van der Waals surface area contributed by atoms with Gasteiger partial charge in [0, 0.05) is 10.5 Å². The molecule has 0 heterocycles. The van der Waals surface area contributed by atoms with Crippen LogP contribution in [0.3, 0.4) is 0 Å². The summed E-state index contributed by atoms with van der Waals surface area (Å²) >= 11 is 5.83. The molecule has 0 saturated heterocycles. The van der Waals surface area contributed by atoms with Crippen molar-refractivity contribution < 1.29 is 23.3 Å². The van der Waals surface area contributed by atoms with Crippen LogP contribution < -0.4 is 10.2 Å². The summed E-state index contributed by atoms with van der Waals surface area (Å²) in [6, 6.07) is 0.971. The van der Waals surface area contributed by atoms with Gasteiger partial charge >= 0.3 is 7.48 Å². The Bertz CT molecular complexity index is 501. The zero-order chi connectivity index (χ0) is 15.7. The summed E-state index contributed by atoms with van der Waals surface area (Å²) in [7, 11) is 0.957. The summed E-state index contributed by atoms with van der Waals surface area (Å²) in [6.45, 7) is 6.49. The highest BCUT2D eigenvalue weighted by atomic mass is 35.5. The van der Waals surface area contributed by atoms with E-state index in [9.17, 15) is 13.9 Å². The van der Waals surface area contributed by atoms with E-state index >= 15 is 0 Å². The van der Waals surface area contributed by atoms with Crippen LogP contribution in [0.4, 0.5) is 8.78 Å². The van der Waals surface area contributed by atoms with Gasteiger partial charge in [-0.1, -0.05) is 11.6 Å². The van der Waals surface area contributed by atoms with Gasteiger partial charge in [0.1, 0.15) is 0 Å². The molecule has 0 aromatic heterocycles. The van der Waals surface area contributed by atoms with Crippen LogP contribution in [-0.2, 0) is 4.65 Å². The highest BCUT2D eigenvalue weighted by Crippen LogP contribution is 2.26. The first-order valence-corrected chi connectivity index (χ1v) is 6.45. The molecule has 0 unspecified atom stereocenters. The number of benzene rings is 1. The van der Waals surface area contributed by atoms with Gasteiger partial charge in [-0.3, -0.25) is 0 Å². The summed E-state index contributed by atoms with van der Waals surface area (Å²) < 4.78 is 37.7. The number of halogens is 3. The largest absolute Gasteiger partial charge is 0.491 e.